The minimum atomic E-state index is -4.66. The summed E-state index contributed by atoms with van der Waals surface area (Å²) in [7, 11) is 0. The number of alkyl halides is 6. The third-order valence-corrected chi connectivity index (χ3v) is 8.42. The number of hydrogen-bond acceptors (Lipinski definition) is 7. The van der Waals surface area contributed by atoms with Crippen molar-refractivity contribution in [2.24, 2.45) is 11.1 Å². The van der Waals surface area contributed by atoms with Gasteiger partial charge in [0.2, 0.25) is 17.7 Å². The largest absolute Gasteiger partial charge is 0.424 e. The number of amides is 1. The second kappa shape index (κ2) is 8.54. The molecule has 0 radical (unpaired) electrons. The zero-order valence-corrected chi connectivity index (χ0v) is 20.5. The molecule has 0 bridgehead atoms. The van der Waals surface area contributed by atoms with Crippen molar-refractivity contribution in [2.45, 2.75) is 42.9 Å². The van der Waals surface area contributed by atoms with E-state index in [9.17, 15) is 31.1 Å². The van der Waals surface area contributed by atoms with Crippen LogP contribution in [0.25, 0.3) is 10.9 Å². The molecule has 3 aliphatic rings. The van der Waals surface area contributed by atoms with Gasteiger partial charge in [-0.15, -0.1) is 10.2 Å². The second-order valence-electron chi connectivity index (χ2n) is 10.7. The Balaban J connectivity index is 1.31. The lowest BCUT2D eigenvalue weighted by Crippen LogP contribution is -2.39. The summed E-state index contributed by atoms with van der Waals surface area (Å²) in [5, 5.41) is 8.27. The van der Waals surface area contributed by atoms with Crippen molar-refractivity contribution in [3.8, 4) is 0 Å². The summed E-state index contributed by atoms with van der Waals surface area (Å²) in [6, 6.07) is 4.95. The maximum Gasteiger partial charge on any atom is 0.418 e. The molecule has 8 nitrogen and oxygen atoms in total. The van der Waals surface area contributed by atoms with Crippen molar-refractivity contribution in [2.75, 3.05) is 37.6 Å². The molecule has 1 amide bonds. The van der Waals surface area contributed by atoms with Gasteiger partial charge in [-0.05, 0) is 56.6 Å². The van der Waals surface area contributed by atoms with E-state index in [1.165, 1.54) is 29.3 Å². The van der Waals surface area contributed by atoms with Crippen LogP contribution < -0.4 is 10.6 Å². The van der Waals surface area contributed by atoms with E-state index in [0.29, 0.717) is 25.9 Å². The molecule has 2 atom stereocenters. The number of likely N-dealkylation sites (tertiary alicyclic amines) is 1. The number of aromatic nitrogens is 3. The molecule has 3 aromatic rings. The van der Waals surface area contributed by atoms with E-state index < -0.39 is 41.2 Å². The molecule has 1 aliphatic carbocycles. The number of halogens is 6. The number of anilines is 1. The van der Waals surface area contributed by atoms with Crippen molar-refractivity contribution in [3.63, 3.8) is 0 Å². The second-order valence-corrected chi connectivity index (χ2v) is 10.7. The van der Waals surface area contributed by atoms with Gasteiger partial charge < -0.3 is 15.1 Å². The van der Waals surface area contributed by atoms with Crippen molar-refractivity contribution in [1.29, 1.82) is 0 Å². The minimum Gasteiger partial charge on any atom is -0.424 e. The molecule has 39 heavy (non-hydrogen) atoms. The molecular weight excluding hydrogens is 530 g/mol. The summed E-state index contributed by atoms with van der Waals surface area (Å²) in [6.07, 6.45) is -7.11. The molecule has 2 saturated heterocycles. The van der Waals surface area contributed by atoms with Gasteiger partial charge in [0.25, 0.3) is 0 Å². The highest BCUT2D eigenvalue weighted by atomic mass is 19.4. The predicted molar refractivity (Wildman–Crippen MR) is 126 cm³/mol. The van der Waals surface area contributed by atoms with E-state index >= 15 is 0 Å². The zero-order valence-electron chi connectivity index (χ0n) is 20.5. The average Bonchev–Trinajstić information content (AvgIpc) is 3.17. The molecule has 208 valence electrons. The van der Waals surface area contributed by atoms with Gasteiger partial charge in [-0.25, -0.2) is 0 Å². The maximum absolute atomic E-state index is 14.5. The third kappa shape index (κ3) is 4.02. The Labute approximate surface area is 218 Å². The zero-order chi connectivity index (χ0) is 27.8. The first-order chi connectivity index (χ1) is 18.3. The lowest BCUT2D eigenvalue weighted by molar-refractivity contribution is -0.187. The maximum atomic E-state index is 14.5. The van der Waals surface area contributed by atoms with Crippen molar-refractivity contribution >= 4 is 22.5 Å². The number of pyridine rings is 1. The molecule has 1 saturated carbocycles. The summed E-state index contributed by atoms with van der Waals surface area (Å²) >= 11 is 0. The highest BCUT2D eigenvalue weighted by molar-refractivity contribution is 5.94. The van der Waals surface area contributed by atoms with Crippen molar-refractivity contribution in [3.05, 3.63) is 47.8 Å². The van der Waals surface area contributed by atoms with Crippen LogP contribution in [0.5, 0.6) is 0 Å². The minimum absolute atomic E-state index is 0.105. The van der Waals surface area contributed by atoms with E-state index in [1.54, 1.807) is 0 Å². The smallest absolute Gasteiger partial charge is 0.418 e. The Morgan fingerprint density at radius 3 is 2.49 bits per heavy atom. The van der Waals surface area contributed by atoms with Gasteiger partial charge >= 0.3 is 12.4 Å². The van der Waals surface area contributed by atoms with Crippen LogP contribution in [0.3, 0.4) is 0 Å². The summed E-state index contributed by atoms with van der Waals surface area (Å²) in [5.41, 5.74) is 0.559. The van der Waals surface area contributed by atoms with Gasteiger partial charge in [0.1, 0.15) is 5.41 Å². The fourth-order valence-electron chi connectivity index (χ4n) is 6.39. The number of benzene rings is 1. The number of piperidine rings is 2. The first-order valence-electron chi connectivity index (χ1n) is 12.5. The van der Waals surface area contributed by atoms with Gasteiger partial charge in [0.05, 0.1) is 23.0 Å². The van der Waals surface area contributed by atoms with Crippen LogP contribution in [0.2, 0.25) is 0 Å². The van der Waals surface area contributed by atoms with Crippen LogP contribution in [-0.4, -0.2) is 64.9 Å². The first kappa shape index (κ1) is 25.8. The number of fused-ring (bicyclic) bond motifs is 2. The summed E-state index contributed by atoms with van der Waals surface area (Å²) in [6.45, 7) is 0.663. The van der Waals surface area contributed by atoms with Crippen LogP contribution >= 0.6 is 0 Å². The van der Waals surface area contributed by atoms with Crippen LogP contribution in [0.4, 0.5) is 32.0 Å². The lowest BCUT2D eigenvalue weighted by Gasteiger charge is -2.29. The monoisotopic (exact) mass is 554 g/mol. The number of hydrogen-bond donors (Lipinski definition) is 1. The Morgan fingerprint density at radius 1 is 1.08 bits per heavy atom. The number of carbonyl (C=O) groups is 1. The molecule has 4 heterocycles. The number of nitrogens with zero attached hydrogens (tertiary/aromatic N) is 5. The van der Waals surface area contributed by atoms with E-state index in [4.69, 9.17) is 10.2 Å². The molecule has 6 rings (SSSR count). The molecule has 2 aliphatic heterocycles. The van der Waals surface area contributed by atoms with Crippen LogP contribution in [0.15, 0.2) is 34.9 Å². The SMILES string of the molecule is NC(=O)CN1CCC(c2nnc([C@]34CN(c5ccc(C(F)(F)F)c6ncccc56)C[C@@]3(C(F)(F)F)C4)o2)CC1. The standard InChI is InChI=1S/C25H24F6N6O2/c26-24(27,28)16-3-4-17(15-2-1-7-33-19(15)16)37-12-22(11-23(22,13-37)25(29,30)31)21-35-34-20(39-21)14-5-8-36(9-6-14)10-18(32)38/h1-4,7,14H,5-6,8-13H2,(H2,32,38)/t22-,23-/m0/s1. The Morgan fingerprint density at radius 2 is 1.82 bits per heavy atom. The molecule has 1 aromatic carbocycles. The fraction of sp³-hybridized carbons (Fsp3) is 0.520. The highest BCUT2D eigenvalue weighted by Gasteiger charge is 2.86. The van der Waals surface area contributed by atoms with Gasteiger partial charge in [-0.2, -0.15) is 26.3 Å². The average molecular weight is 554 g/mol. The number of nitrogens with two attached hydrogens (primary N) is 1. The first-order valence-corrected chi connectivity index (χ1v) is 12.5. The Hall–Kier alpha value is -3.42. The molecule has 0 unspecified atom stereocenters. The highest BCUT2D eigenvalue weighted by Crippen LogP contribution is 2.75. The van der Waals surface area contributed by atoms with E-state index in [-0.39, 0.29) is 53.8 Å². The van der Waals surface area contributed by atoms with Crippen LogP contribution in [0, 0.1) is 5.41 Å². The quantitative estimate of drug-likeness (QED) is 0.476. The number of carbonyl (C=O) groups excluding carboxylic acids is 1. The van der Waals surface area contributed by atoms with Gasteiger partial charge in [0.15, 0.2) is 0 Å². The Kier molecular flexibility index (Phi) is 5.66. The Bertz CT molecular complexity index is 1430. The topological polar surface area (TPSA) is 101 Å². The fourth-order valence-corrected chi connectivity index (χ4v) is 6.39. The van der Waals surface area contributed by atoms with Crippen LogP contribution in [-0.2, 0) is 16.4 Å². The van der Waals surface area contributed by atoms with Gasteiger partial charge in [-0.1, -0.05) is 0 Å². The van der Waals surface area contributed by atoms with E-state index in [1.807, 2.05) is 4.90 Å². The molecular formula is C25H24F6N6O2. The molecule has 0 spiro atoms. The van der Waals surface area contributed by atoms with Crippen molar-refractivity contribution in [1.82, 2.24) is 20.1 Å². The summed E-state index contributed by atoms with van der Waals surface area (Å²) in [5.74, 6) is -0.449. The molecule has 3 fully saturated rings. The summed E-state index contributed by atoms with van der Waals surface area (Å²) in [4.78, 5) is 18.4. The normalized spacial score (nSPS) is 26.3. The predicted octanol–water partition coefficient (Wildman–Crippen LogP) is 4.01. The van der Waals surface area contributed by atoms with Crippen molar-refractivity contribution < 1.29 is 35.6 Å². The van der Waals surface area contributed by atoms with Crippen LogP contribution in [0.1, 0.15) is 42.5 Å². The molecule has 2 aromatic heterocycles. The van der Waals surface area contributed by atoms with E-state index in [0.717, 1.165) is 6.07 Å². The number of primary amides is 1. The number of rotatable bonds is 5. The molecule has 14 heteroatoms. The van der Waals surface area contributed by atoms with E-state index in [2.05, 4.69) is 15.2 Å². The van der Waals surface area contributed by atoms with Gasteiger partial charge in [0, 0.05) is 36.3 Å². The van der Waals surface area contributed by atoms with Gasteiger partial charge in [-0.3, -0.25) is 14.7 Å². The lowest BCUT2D eigenvalue weighted by atomic mass is 9.95. The molecule has 2 N–H and O–H groups in total. The third-order valence-electron chi connectivity index (χ3n) is 8.42. The summed E-state index contributed by atoms with van der Waals surface area (Å²) < 4.78 is 90.2.